The smallest absolute Gasteiger partial charge is 0.0232 e. The van der Waals surface area contributed by atoms with Crippen LogP contribution in [0.2, 0.25) is 0 Å². The van der Waals surface area contributed by atoms with Crippen molar-refractivity contribution in [3.63, 3.8) is 0 Å². The van der Waals surface area contributed by atoms with Gasteiger partial charge in [-0.3, -0.25) is 0 Å². The molecule has 0 aromatic heterocycles. The molecule has 156 valence electrons. The van der Waals surface area contributed by atoms with Crippen LogP contribution in [0.25, 0.3) is 0 Å². The standard InChI is InChI=1S/C24H37N3.ClH/c1-24(2,3)14-15-26-23(17-21-12-8-5-9-13-21)19-27-22(18-25)16-20-10-6-4-7-11-20;/h4-13,22-23,26-27H,14-19,25H2,1-3H3;1H. The number of hydrogen-bond acceptors (Lipinski definition) is 3. The van der Waals surface area contributed by atoms with E-state index in [1.165, 1.54) is 17.5 Å². The SMILES string of the molecule is CC(C)(C)CCNC(CNC(CN)Cc1ccccc1)Cc1ccccc1.Cl. The Labute approximate surface area is 177 Å². The summed E-state index contributed by atoms with van der Waals surface area (Å²) in [6.45, 7) is 9.49. The molecule has 0 radical (unpaired) electrons. The summed E-state index contributed by atoms with van der Waals surface area (Å²) >= 11 is 0. The van der Waals surface area contributed by atoms with Gasteiger partial charge in [0.15, 0.2) is 0 Å². The molecular formula is C24H38ClN3. The van der Waals surface area contributed by atoms with Gasteiger partial charge in [0.25, 0.3) is 0 Å². The Balaban J connectivity index is 0.00000392. The lowest BCUT2D eigenvalue weighted by Gasteiger charge is -2.25. The maximum absolute atomic E-state index is 6.03. The zero-order valence-electron chi connectivity index (χ0n) is 17.7. The number of halogens is 1. The summed E-state index contributed by atoms with van der Waals surface area (Å²) in [5.41, 5.74) is 9.09. The molecule has 0 aliphatic carbocycles. The van der Waals surface area contributed by atoms with Gasteiger partial charge >= 0.3 is 0 Å². The summed E-state index contributed by atoms with van der Waals surface area (Å²) in [6.07, 6.45) is 3.17. The van der Waals surface area contributed by atoms with Gasteiger partial charge < -0.3 is 16.4 Å². The van der Waals surface area contributed by atoms with E-state index in [0.29, 0.717) is 24.0 Å². The first-order valence-corrected chi connectivity index (χ1v) is 10.2. The van der Waals surface area contributed by atoms with E-state index >= 15 is 0 Å². The minimum absolute atomic E-state index is 0. The second-order valence-corrected chi connectivity index (χ2v) is 8.68. The van der Waals surface area contributed by atoms with Crippen LogP contribution in [0.4, 0.5) is 0 Å². The van der Waals surface area contributed by atoms with Gasteiger partial charge in [-0.05, 0) is 42.3 Å². The second kappa shape index (κ2) is 12.9. The van der Waals surface area contributed by atoms with Crippen LogP contribution in [0, 0.1) is 5.41 Å². The fourth-order valence-electron chi connectivity index (χ4n) is 3.21. The minimum Gasteiger partial charge on any atom is -0.329 e. The zero-order chi connectivity index (χ0) is 19.5. The highest BCUT2D eigenvalue weighted by Crippen LogP contribution is 2.17. The Kier molecular flexibility index (Phi) is 11.4. The molecule has 4 heteroatoms. The molecule has 0 heterocycles. The molecule has 0 bridgehead atoms. The molecule has 2 aromatic rings. The third-order valence-corrected chi connectivity index (χ3v) is 4.90. The summed E-state index contributed by atoms with van der Waals surface area (Å²) in [5.74, 6) is 0. The highest BCUT2D eigenvalue weighted by molar-refractivity contribution is 5.85. The Morgan fingerprint density at radius 3 is 1.75 bits per heavy atom. The molecule has 0 fully saturated rings. The summed E-state index contributed by atoms with van der Waals surface area (Å²) in [6, 6.07) is 22.0. The van der Waals surface area contributed by atoms with Crippen LogP contribution in [-0.2, 0) is 12.8 Å². The predicted molar refractivity (Wildman–Crippen MR) is 124 cm³/mol. The molecule has 0 saturated carbocycles. The quantitative estimate of drug-likeness (QED) is 0.526. The van der Waals surface area contributed by atoms with E-state index in [0.717, 1.165) is 25.9 Å². The minimum atomic E-state index is 0. The van der Waals surface area contributed by atoms with Gasteiger partial charge in [-0.1, -0.05) is 81.4 Å². The van der Waals surface area contributed by atoms with Crippen LogP contribution in [-0.4, -0.2) is 31.7 Å². The molecule has 2 atom stereocenters. The van der Waals surface area contributed by atoms with Crippen molar-refractivity contribution in [2.45, 2.75) is 52.1 Å². The Morgan fingerprint density at radius 1 is 0.786 bits per heavy atom. The van der Waals surface area contributed by atoms with Crippen molar-refractivity contribution in [3.05, 3.63) is 71.8 Å². The lowest BCUT2D eigenvalue weighted by atomic mass is 9.92. The highest BCUT2D eigenvalue weighted by Gasteiger charge is 2.15. The lowest BCUT2D eigenvalue weighted by Crippen LogP contribution is -2.47. The monoisotopic (exact) mass is 403 g/mol. The fraction of sp³-hybridized carbons (Fsp3) is 0.500. The molecular weight excluding hydrogens is 366 g/mol. The van der Waals surface area contributed by atoms with Crippen molar-refractivity contribution in [3.8, 4) is 0 Å². The predicted octanol–water partition coefficient (Wildman–Crippen LogP) is 4.20. The van der Waals surface area contributed by atoms with Gasteiger partial charge in [0.1, 0.15) is 0 Å². The van der Waals surface area contributed by atoms with E-state index in [2.05, 4.69) is 92.1 Å². The third kappa shape index (κ3) is 10.2. The van der Waals surface area contributed by atoms with Crippen molar-refractivity contribution in [1.29, 1.82) is 0 Å². The summed E-state index contributed by atoms with van der Waals surface area (Å²) in [7, 11) is 0. The van der Waals surface area contributed by atoms with Gasteiger partial charge in [0, 0.05) is 25.2 Å². The summed E-state index contributed by atoms with van der Waals surface area (Å²) < 4.78 is 0. The number of benzene rings is 2. The van der Waals surface area contributed by atoms with Crippen LogP contribution < -0.4 is 16.4 Å². The van der Waals surface area contributed by atoms with E-state index in [1.807, 2.05) is 0 Å². The molecule has 0 aliphatic heterocycles. The Morgan fingerprint density at radius 2 is 1.29 bits per heavy atom. The topological polar surface area (TPSA) is 50.1 Å². The largest absolute Gasteiger partial charge is 0.329 e. The molecule has 0 saturated heterocycles. The summed E-state index contributed by atoms with van der Waals surface area (Å²) in [5, 5.41) is 7.46. The molecule has 0 spiro atoms. The van der Waals surface area contributed by atoms with Crippen LogP contribution in [0.5, 0.6) is 0 Å². The maximum Gasteiger partial charge on any atom is 0.0232 e. The van der Waals surface area contributed by atoms with Crippen molar-refractivity contribution in [2.75, 3.05) is 19.6 Å². The molecule has 2 aromatic carbocycles. The third-order valence-electron chi connectivity index (χ3n) is 4.90. The van der Waals surface area contributed by atoms with E-state index in [1.54, 1.807) is 0 Å². The van der Waals surface area contributed by atoms with Gasteiger partial charge in [-0.25, -0.2) is 0 Å². The normalized spacial score (nSPS) is 13.6. The van der Waals surface area contributed by atoms with Gasteiger partial charge in [-0.2, -0.15) is 0 Å². The van der Waals surface area contributed by atoms with Crippen molar-refractivity contribution >= 4 is 12.4 Å². The molecule has 4 N–H and O–H groups in total. The number of nitrogens with two attached hydrogens (primary N) is 1. The molecule has 2 rings (SSSR count). The fourth-order valence-corrected chi connectivity index (χ4v) is 3.21. The molecule has 0 amide bonds. The Hall–Kier alpha value is -1.39. The summed E-state index contributed by atoms with van der Waals surface area (Å²) in [4.78, 5) is 0. The Bertz CT molecular complexity index is 625. The first kappa shape index (κ1) is 24.6. The van der Waals surface area contributed by atoms with Crippen LogP contribution in [0.1, 0.15) is 38.3 Å². The van der Waals surface area contributed by atoms with Crippen molar-refractivity contribution < 1.29 is 0 Å². The van der Waals surface area contributed by atoms with Crippen molar-refractivity contribution in [1.82, 2.24) is 10.6 Å². The lowest BCUT2D eigenvalue weighted by molar-refractivity contribution is 0.344. The first-order valence-electron chi connectivity index (χ1n) is 10.2. The van der Waals surface area contributed by atoms with Gasteiger partial charge in [0.05, 0.1) is 0 Å². The molecule has 0 aliphatic rings. The first-order chi connectivity index (χ1) is 13.0. The molecule has 2 unspecified atom stereocenters. The van der Waals surface area contributed by atoms with Crippen LogP contribution in [0.3, 0.4) is 0 Å². The molecule has 28 heavy (non-hydrogen) atoms. The maximum atomic E-state index is 6.03. The van der Waals surface area contributed by atoms with E-state index < -0.39 is 0 Å². The second-order valence-electron chi connectivity index (χ2n) is 8.68. The average molecular weight is 404 g/mol. The highest BCUT2D eigenvalue weighted by atomic mass is 35.5. The van der Waals surface area contributed by atoms with E-state index in [-0.39, 0.29) is 12.4 Å². The van der Waals surface area contributed by atoms with Crippen molar-refractivity contribution in [2.24, 2.45) is 11.1 Å². The van der Waals surface area contributed by atoms with Gasteiger partial charge in [-0.15, -0.1) is 12.4 Å². The van der Waals surface area contributed by atoms with Crippen LogP contribution >= 0.6 is 12.4 Å². The number of hydrogen-bond donors (Lipinski definition) is 3. The van der Waals surface area contributed by atoms with E-state index in [4.69, 9.17) is 5.73 Å². The number of rotatable bonds is 11. The average Bonchev–Trinajstić information content (AvgIpc) is 2.65. The van der Waals surface area contributed by atoms with Crippen LogP contribution in [0.15, 0.2) is 60.7 Å². The zero-order valence-corrected chi connectivity index (χ0v) is 18.5. The van der Waals surface area contributed by atoms with E-state index in [9.17, 15) is 0 Å². The molecule has 3 nitrogen and oxygen atoms in total. The van der Waals surface area contributed by atoms with Gasteiger partial charge in [0.2, 0.25) is 0 Å². The number of nitrogens with one attached hydrogen (secondary N) is 2.